The van der Waals surface area contributed by atoms with Crippen molar-refractivity contribution in [2.45, 2.75) is 65.1 Å². The van der Waals surface area contributed by atoms with Crippen molar-refractivity contribution in [2.75, 3.05) is 26.7 Å². The fraction of sp³-hybridized carbons (Fsp3) is 0.778. The highest BCUT2D eigenvalue weighted by Crippen LogP contribution is 2.09. The van der Waals surface area contributed by atoms with E-state index in [-0.39, 0.29) is 5.69 Å². The summed E-state index contributed by atoms with van der Waals surface area (Å²) in [5.74, 6) is 1.54. The zero-order valence-electron chi connectivity index (χ0n) is 17.4. The van der Waals surface area contributed by atoms with Gasteiger partial charge in [-0.2, -0.15) is 5.10 Å². The lowest BCUT2D eigenvalue weighted by Gasteiger charge is -2.19. The molecule has 1 aliphatic rings. The predicted octanol–water partition coefficient (Wildman–Crippen LogP) is 0.461. The molecule has 1 aromatic heterocycles. The maximum atomic E-state index is 12.3. The monoisotopic (exact) mass is 395 g/mol. The molecule has 0 atom stereocenters. The normalized spacial score (nSPS) is 14.4. The number of aromatic nitrogens is 3. The Bertz CT molecular complexity index is 731. The highest BCUT2D eigenvalue weighted by molar-refractivity contribution is 5.79. The molecule has 10 nitrogen and oxygen atoms in total. The van der Waals surface area contributed by atoms with Crippen molar-refractivity contribution in [2.24, 2.45) is 4.99 Å². The third-order valence-corrected chi connectivity index (χ3v) is 4.18. The lowest BCUT2D eigenvalue weighted by atomic mass is 10.2. The van der Waals surface area contributed by atoms with E-state index in [0.717, 1.165) is 38.1 Å². The first-order valence-electron chi connectivity index (χ1n) is 9.88. The first-order valence-corrected chi connectivity index (χ1v) is 9.88. The maximum Gasteiger partial charge on any atom is 0.407 e. The van der Waals surface area contributed by atoms with Gasteiger partial charge in [0.25, 0.3) is 0 Å². The van der Waals surface area contributed by atoms with Gasteiger partial charge in [0.1, 0.15) is 11.4 Å². The molecular weight excluding hydrogens is 362 g/mol. The van der Waals surface area contributed by atoms with Crippen molar-refractivity contribution in [1.29, 1.82) is 0 Å². The number of carbonyl (C=O) groups excluding carboxylic acids is 1. The van der Waals surface area contributed by atoms with Gasteiger partial charge in [-0.1, -0.05) is 0 Å². The molecule has 0 saturated carbocycles. The minimum atomic E-state index is -0.509. The molecule has 0 radical (unpaired) electrons. The largest absolute Gasteiger partial charge is 0.444 e. The summed E-state index contributed by atoms with van der Waals surface area (Å²) in [6, 6.07) is 0. The van der Waals surface area contributed by atoms with Crippen LogP contribution in [0.5, 0.6) is 0 Å². The molecule has 2 heterocycles. The quantitative estimate of drug-likeness (QED) is 0.351. The van der Waals surface area contributed by atoms with Crippen molar-refractivity contribution in [3.8, 4) is 0 Å². The van der Waals surface area contributed by atoms with Crippen LogP contribution in [0, 0.1) is 0 Å². The van der Waals surface area contributed by atoms with Gasteiger partial charge in [0.15, 0.2) is 5.96 Å². The number of fused-ring (bicyclic) bond motifs is 1. The van der Waals surface area contributed by atoms with Crippen LogP contribution >= 0.6 is 0 Å². The third-order valence-electron chi connectivity index (χ3n) is 4.18. The molecule has 0 bridgehead atoms. The number of ether oxygens (including phenoxy) is 1. The molecule has 0 spiro atoms. The Morgan fingerprint density at radius 2 is 1.89 bits per heavy atom. The second kappa shape index (κ2) is 10.1. The lowest BCUT2D eigenvalue weighted by molar-refractivity contribution is 0.0529. The number of amides is 1. The number of carbonyl (C=O) groups is 1. The average molecular weight is 396 g/mol. The maximum absolute atomic E-state index is 12.3. The Labute approximate surface area is 165 Å². The van der Waals surface area contributed by atoms with Crippen molar-refractivity contribution in [3.05, 3.63) is 16.3 Å². The first-order chi connectivity index (χ1) is 13.3. The predicted molar refractivity (Wildman–Crippen MR) is 108 cm³/mol. The number of aryl methyl sites for hydroxylation is 2. The highest BCUT2D eigenvalue weighted by Gasteiger charge is 2.16. The number of nitrogens with one attached hydrogen (secondary N) is 3. The summed E-state index contributed by atoms with van der Waals surface area (Å²) in [6.07, 6.45) is 3.35. The third kappa shape index (κ3) is 6.90. The molecule has 0 fully saturated rings. The van der Waals surface area contributed by atoms with Gasteiger partial charge in [-0.15, -0.1) is 0 Å². The molecule has 0 aliphatic carbocycles. The Morgan fingerprint density at radius 1 is 1.18 bits per heavy atom. The summed E-state index contributed by atoms with van der Waals surface area (Å²) in [7, 11) is 1.69. The molecule has 0 unspecified atom stereocenters. The molecule has 1 amide bonds. The van der Waals surface area contributed by atoms with Crippen molar-refractivity contribution >= 4 is 12.1 Å². The van der Waals surface area contributed by atoms with Crippen molar-refractivity contribution in [3.63, 3.8) is 0 Å². The zero-order valence-corrected chi connectivity index (χ0v) is 17.4. The van der Waals surface area contributed by atoms with E-state index in [9.17, 15) is 9.59 Å². The molecular formula is C18H33N7O3. The van der Waals surface area contributed by atoms with E-state index >= 15 is 0 Å². The molecule has 28 heavy (non-hydrogen) atoms. The van der Waals surface area contributed by atoms with Crippen LogP contribution in [0.3, 0.4) is 0 Å². The molecule has 0 aromatic carbocycles. The topological polar surface area (TPSA) is 115 Å². The molecule has 0 saturated heterocycles. The van der Waals surface area contributed by atoms with Crippen molar-refractivity contribution < 1.29 is 9.53 Å². The Balaban J connectivity index is 1.63. The Hall–Kier alpha value is -2.52. The van der Waals surface area contributed by atoms with Crippen LogP contribution in [0.15, 0.2) is 9.79 Å². The summed E-state index contributed by atoms with van der Waals surface area (Å²) in [5.41, 5.74) is -0.517. The highest BCUT2D eigenvalue weighted by atomic mass is 16.6. The van der Waals surface area contributed by atoms with E-state index in [2.05, 4.69) is 26.0 Å². The number of nitrogens with zero attached hydrogens (tertiary/aromatic N) is 4. The van der Waals surface area contributed by atoms with Gasteiger partial charge in [0.05, 0.1) is 0 Å². The number of alkyl carbamates (subject to hydrolysis) is 1. The van der Waals surface area contributed by atoms with Gasteiger partial charge in [-0.3, -0.25) is 9.56 Å². The average Bonchev–Trinajstić information content (AvgIpc) is 2.95. The van der Waals surface area contributed by atoms with E-state index in [1.54, 1.807) is 16.3 Å². The fourth-order valence-corrected chi connectivity index (χ4v) is 2.91. The molecule has 158 valence electrons. The van der Waals surface area contributed by atoms with E-state index in [4.69, 9.17) is 4.74 Å². The minimum absolute atomic E-state index is 0.00887. The summed E-state index contributed by atoms with van der Waals surface area (Å²) in [5, 5.41) is 13.4. The van der Waals surface area contributed by atoms with Gasteiger partial charge in [-0.25, -0.2) is 14.3 Å². The summed E-state index contributed by atoms with van der Waals surface area (Å²) in [4.78, 5) is 28.0. The van der Waals surface area contributed by atoms with Crippen LogP contribution in [0.25, 0.3) is 0 Å². The summed E-state index contributed by atoms with van der Waals surface area (Å²) in [6.45, 7) is 8.42. The SMILES string of the molecule is CN=C(NCCCn1nc2n(c1=O)CCCC2)NCCNC(=O)OC(C)(C)C. The number of aliphatic imine (C=N–C) groups is 1. The number of hydrogen-bond acceptors (Lipinski definition) is 5. The van der Waals surface area contributed by atoms with Gasteiger partial charge >= 0.3 is 11.8 Å². The molecule has 3 N–H and O–H groups in total. The number of guanidine groups is 1. The van der Waals surface area contributed by atoms with Crippen LogP contribution < -0.4 is 21.6 Å². The van der Waals surface area contributed by atoms with Gasteiger partial charge in [0.2, 0.25) is 0 Å². The van der Waals surface area contributed by atoms with Gasteiger partial charge < -0.3 is 20.7 Å². The van der Waals surface area contributed by atoms with Crippen LogP contribution in [0.2, 0.25) is 0 Å². The van der Waals surface area contributed by atoms with E-state index in [1.165, 1.54) is 0 Å². The molecule has 1 aliphatic heterocycles. The summed E-state index contributed by atoms with van der Waals surface area (Å²) >= 11 is 0. The smallest absolute Gasteiger partial charge is 0.407 e. The molecule has 2 rings (SSSR count). The fourth-order valence-electron chi connectivity index (χ4n) is 2.91. The molecule has 10 heteroatoms. The first kappa shape index (κ1) is 21.8. The van der Waals surface area contributed by atoms with Crippen LogP contribution in [0.4, 0.5) is 4.79 Å². The summed E-state index contributed by atoms with van der Waals surface area (Å²) < 4.78 is 8.52. The number of rotatable bonds is 7. The zero-order chi connectivity index (χ0) is 20.6. The Morgan fingerprint density at radius 3 is 2.57 bits per heavy atom. The van der Waals surface area contributed by atoms with Crippen LogP contribution in [0.1, 0.15) is 45.9 Å². The minimum Gasteiger partial charge on any atom is -0.444 e. The number of hydrogen-bond donors (Lipinski definition) is 3. The van der Waals surface area contributed by atoms with Gasteiger partial charge in [0, 0.05) is 46.2 Å². The molecule has 1 aromatic rings. The lowest BCUT2D eigenvalue weighted by Crippen LogP contribution is -2.42. The van der Waals surface area contributed by atoms with Crippen LogP contribution in [-0.4, -0.2) is 58.7 Å². The van der Waals surface area contributed by atoms with E-state index < -0.39 is 11.7 Å². The van der Waals surface area contributed by atoms with E-state index in [0.29, 0.717) is 32.1 Å². The van der Waals surface area contributed by atoms with Gasteiger partial charge in [-0.05, 0) is 40.0 Å². The standard InChI is InChI=1S/C18H33N7O3/c1-18(2,3)28-16(26)22-11-10-21-15(19-4)20-9-7-13-25-17(27)24-12-6-5-8-14(24)23-25/h5-13H2,1-4H3,(H,22,26)(H2,19,20,21). The Kier molecular flexibility index (Phi) is 7.89. The second-order valence-corrected chi connectivity index (χ2v) is 7.74. The van der Waals surface area contributed by atoms with Crippen LogP contribution in [-0.2, 0) is 24.2 Å². The second-order valence-electron chi connectivity index (χ2n) is 7.74. The van der Waals surface area contributed by atoms with Crippen molar-refractivity contribution in [1.82, 2.24) is 30.3 Å². The van der Waals surface area contributed by atoms with E-state index in [1.807, 2.05) is 20.8 Å².